The number of pyridine rings is 1. The lowest BCUT2D eigenvalue weighted by molar-refractivity contribution is 0.810. The summed E-state index contributed by atoms with van der Waals surface area (Å²) in [5.74, 6) is 0. The summed E-state index contributed by atoms with van der Waals surface area (Å²) in [6, 6.07) is 5.94. The monoisotopic (exact) mass is 182 g/mol. The van der Waals surface area contributed by atoms with E-state index in [4.69, 9.17) is 5.73 Å². The smallest absolute Gasteiger partial charge is 0.0404 e. The predicted octanol–water partition coefficient (Wildman–Crippen LogP) is 2.64. The minimum atomic E-state index is 0. The van der Waals surface area contributed by atoms with E-state index in [0.717, 1.165) is 25.1 Å². The number of rotatable bonds is 3. The first kappa shape index (κ1) is 12.1. The summed E-state index contributed by atoms with van der Waals surface area (Å²) in [5.41, 5.74) is 6.48. The van der Waals surface area contributed by atoms with E-state index in [1.54, 1.807) is 0 Å². The van der Waals surface area contributed by atoms with E-state index in [2.05, 4.69) is 18.8 Å². The van der Waals surface area contributed by atoms with Crippen LogP contribution >= 0.6 is 0 Å². The Labute approximate surface area is 82.7 Å². The van der Waals surface area contributed by atoms with E-state index >= 15 is 0 Å². The van der Waals surface area contributed by atoms with Crippen molar-refractivity contribution in [1.29, 1.82) is 0 Å². The summed E-state index contributed by atoms with van der Waals surface area (Å²) in [6.45, 7) is 5.00. The van der Waals surface area contributed by atoms with Crippen molar-refractivity contribution in [3.63, 3.8) is 0 Å². The predicted molar refractivity (Wildman–Crippen MR) is 59.7 cm³/mol. The fourth-order valence-corrected chi connectivity index (χ4v) is 0.829. The summed E-state index contributed by atoms with van der Waals surface area (Å²) in [4.78, 5) is 4.16. The Balaban J connectivity index is 0. The highest BCUT2D eigenvalue weighted by Crippen LogP contribution is 1.95. The van der Waals surface area contributed by atoms with Crippen molar-refractivity contribution in [3.8, 4) is 0 Å². The van der Waals surface area contributed by atoms with E-state index < -0.39 is 0 Å². The lowest BCUT2D eigenvalue weighted by Gasteiger charge is -1.95. The van der Waals surface area contributed by atoms with Gasteiger partial charge in [0.25, 0.3) is 0 Å². The Morgan fingerprint density at radius 1 is 1.38 bits per heavy atom. The Bertz CT molecular complexity index is 190. The molecule has 0 spiro atoms. The van der Waals surface area contributed by atoms with Crippen LogP contribution in [0.4, 0.5) is 0 Å². The average Bonchev–Trinajstić information content (AvgIpc) is 2.18. The van der Waals surface area contributed by atoms with E-state index in [1.165, 1.54) is 6.42 Å². The molecule has 13 heavy (non-hydrogen) atoms. The Morgan fingerprint density at radius 3 is 2.54 bits per heavy atom. The quantitative estimate of drug-likeness (QED) is 0.780. The molecule has 0 aliphatic carbocycles. The van der Waals surface area contributed by atoms with Gasteiger partial charge in [0.15, 0.2) is 0 Å². The maximum absolute atomic E-state index is 5.35. The van der Waals surface area contributed by atoms with Gasteiger partial charge in [0.05, 0.1) is 0 Å². The van der Waals surface area contributed by atoms with Crippen LogP contribution < -0.4 is 5.73 Å². The molecule has 0 radical (unpaired) electrons. The molecule has 2 heteroatoms. The first-order valence-electron chi connectivity index (χ1n) is 4.95. The second-order valence-corrected chi connectivity index (χ2v) is 2.92. The van der Waals surface area contributed by atoms with Crippen LogP contribution in [-0.2, 0) is 6.42 Å². The fourth-order valence-electron chi connectivity index (χ4n) is 0.829. The summed E-state index contributed by atoms with van der Waals surface area (Å²) in [6.07, 6.45) is 5.08. The lowest BCUT2D eigenvalue weighted by atomic mass is 10.2. The molecule has 1 aromatic rings. The molecule has 0 amide bonds. The topological polar surface area (TPSA) is 38.9 Å². The van der Waals surface area contributed by atoms with Crippen molar-refractivity contribution in [2.24, 2.45) is 5.73 Å². The molecule has 0 saturated heterocycles. The van der Waals surface area contributed by atoms with Crippen molar-refractivity contribution in [3.05, 3.63) is 30.1 Å². The molecule has 1 heterocycles. The van der Waals surface area contributed by atoms with Crippen molar-refractivity contribution in [1.82, 2.24) is 4.98 Å². The van der Waals surface area contributed by atoms with Gasteiger partial charge < -0.3 is 5.73 Å². The summed E-state index contributed by atoms with van der Waals surface area (Å²) >= 11 is 0. The van der Waals surface area contributed by atoms with Crippen LogP contribution in [0.5, 0.6) is 0 Å². The van der Waals surface area contributed by atoms with Gasteiger partial charge in [-0.05, 0) is 31.5 Å². The zero-order chi connectivity index (χ0) is 9.94. The van der Waals surface area contributed by atoms with E-state index in [0.29, 0.717) is 0 Å². The number of nitrogens with zero attached hydrogens (tertiary/aromatic N) is 1. The van der Waals surface area contributed by atoms with Gasteiger partial charge in [0, 0.05) is 13.3 Å². The molecule has 1 aromatic heterocycles. The van der Waals surface area contributed by atoms with Crippen molar-refractivity contribution in [2.45, 2.75) is 33.1 Å². The molecule has 0 aromatic carbocycles. The van der Waals surface area contributed by atoms with E-state index in [-0.39, 0.29) is 1.43 Å². The largest absolute Gasteiger partial charge is 0.330 e. The SMILES string of the molecule is CCC.NCCCc1ccccn1.[HH]. The standard InChI is InChI=1S/C8H12N2.C3H8.H2/c9-6-3-5-8-4-1-2-7-10-8;1-3-2;/h1-2,4,7H,3,5-6,9H2;3H2,1-2H3;1H. The Hall–Kier alpha value is -0.890. The maximum Gasteiger partial charge on any atom is 0.0404 e. The summed E-state index contributed by atoms with van der Waals surface area (Å²) in [7, 11) is 0. The number of aryl methyl sites for hydroxylation is 1. The molecule has 0 atom stereocenters. The number of nitrogens with two attached hydrogens (primary N) is 1. The van der Waals surface area contributed by atoms with E-state index in [9.17, 15) is 0 Å². The second kappa shape index (κ2) is 9.20. The van der Waals surface area contributed by atoms with Gasteiger partial charge in [0.2, 0.25) is 0 Å². The van der Waals surface area contributed by atoms with Gasteiger partial charge in [0.1, 0.15) is 0 Å². The molecule has 2 nitrogen and oxygen atoms in total. The fraction of sp³-hybridized carbons (Fsp3) is 0.545. The van der Waals surface area contributed by atoms with Gasteiger partial charge in [-0.2, -0.15) is 0 Å². The third kappa shape index (κ3) is 7.47. The highest BCUT2D eigenvalue weighted by molar-refractivity contribution is 5.03. The van der Waals surface area contributed by atoms with E-state index in [1.807, 2.05) is 24.4 Å². The van der Waals surface area contributed by atoms with Crippen molar-refractivity contribution < 1.29 is 1.43 Å². The molecule has 76 valence electrons. The van der Waals surface area contributed by atoms with Gasteiger partial charge in [-0.25, -0.2) is 0 Å². The molecule has 0 aliphatic heterocycles. The third-order valence-electron chi connectivity index (χ3n) is 1.36. The normalized spacial score (nSPS) is 8.85. The third-order valence-corrected chi connectivity index (χ3v) is 1.36. The maximum atomic E-state index is 5.35. The van der Waals surface area contributed by atoms with Gasteiger partial charge in [-0.15, -0.1) is 0 Å². The van der Waals surface area contributed by atoms with Crippen molar-refractivity contribution in [2.75, 3.05) is 6.54 Å². The first-order valence-corrected chi connectivity index (χ1v) is 4.95. The zero-order valence-electron chi connectivity index (χ0n) is 8.66. The molecule has 0 saturated carbocycles. The summed E-state index contributed by atoms with van der Waals surface area (Å²) in [5, 5.41) is 0. The Kier molecular flexibility index (Phi) is 8.57. The summed E-state index contributed by atoms with van der Waals surface area (Å²) < 4.78 is 0. The van der Waals surface area contributed by atoms with Crippen LogP contribution in [0.25, 0.3) is 0 Å². The molecule has 0 fully saturated rings. The van der Waals surface area contributed by atoms with Gasteiger partial charge in [-0.3, -0.25) is 4.98 Å². The van der Waals surface area contributed by atoms with Crippen LogP contribution in [0.1, 0.15) is 33.8 Å². The molecular weight excluding hydrogens is 160 g/mol. The van der Waals surface area contributed by atoms with Gasteiger partial charge in [-0.1, -0.05) is 26.3 Å². The molecular formula is C11H22N2. The number of hydrogen-bond acceptors (Lipinski definition) is 2. The van der Waals surface area contributed by atoms with Crippen LogP contribution in [-0.4, -0.2) is 11.5 Å². The highest BCUT2D eigenvalue weighted by Gasteiger charge is 1.89. The van der Waals surface area contributed by atoms with Crippen LogP contribution in [0.3, 0.4) is 0 Å². The minimum Gasteiger partial charge on any atom is -0.330 e. The Morgan fingerprint density at radius 2 is 2.08 bits per heavy atom. The van der Waals surface area contributed by atoms with Crippen LogP contribution in [0, 0.1) is 0 Å². The second-order valence-electron chi connectivity index (χ2n) is 2.92. The number of hydrogen-bond donors (Lipinski definition) is 1. The molecule has 2 N–H and O–H groups in total. The molecule has 0 bridgehead atoms. The highest BCUT2D eigenvalue weighted by atomic mass is 14.7. The molecule has 0 unspecified atom stereocenters. The minimum absolute atomic E-state index is 0. The van der Waals surface area contributed by atoms with Crippen LogP contribution in [0.2, 0.25) is 0 Å². The first-order chi connectivity index (χ1) is 6.35. The zero-order valence-corrected chi connectivity index (χ0v) is 8.66. The lowest BCUT2D eigenvalue weighted by Crippen LogP contribution is -2.00. The van der Waals surface area contributed by atoms with Gasteiger partial charge >= 0.3 is 0 Å². The van der Waals surface area contributed by atoms with Crippen LogP contribution in [0.15, 0.2) is 24.4 Å². The molecule has 0 aliphatic rings. The average molecular weight is 182 g/mol. The van der Waals surface area contributed by atoms with Crippen molar-refractivity contribution >= 4 is 0 Å². The molecule has 1 rings (SSSR count). The number of aromatic nitrogens is 1.